The van der Waals surface area contributed by atoms with Crippen molar-refractivity contribution in [3.63, 3.8) is 0 Å². The zero-order valence-electron chi connectivity index (χ0n) is 20.5. The van der Waals surface area contributed by atoms with E-state index in [0.29, 0.717) is 25.7 Å². The highest BCUT2D eigenvalue weighted by Crippen LogP contribution is 2.20. The van der Waals surface area contributed by atoms with Gasteiger partial charge in [0.05, 0.1) is 6.61 Å². The van der Waals surface area contributed by atoms with Gasteiger partial charge in [-0.1, -0.05) is 58.6 Å². The van der Waals surface area contributed by atoms with Gasteiger partial charge in [0.25, 0.3) is 0 Å². The van der Waals surface area contributed by atoms with Crippen molar-refractivity contribution in [3.8, 4) is 11.8 Å². The normalized spacial score (nSPS) is 11.5. The van der Waals surface area contributed by atoms with Crippen LogP contribution >= 0.6 is 0 Å². The molecule has 0 bridgehead atoms. The molecule has 0 fully saturated rings. The quantitative estimate of drug-likeness (QED) is 0.255. The Kier molecular flexibility index (Phi) is 15.4. The first-order valence-electron chi connectivity index (χ1n) is 11.8. The molecule has 0 spiro atoms. The predicted molar refractivity (Wildman–Crippen MR) is 128 cm³/mol. The fourth-order valence-corrected chi connectivity index (χ4v) is 2.95. The molecule has 0 heterocycles. The largest absolute Gasteiger partial charge is 0.381 e. The lowest BCUT2D eigenvalue weighted by atomic mass is 9.88. The molecule has 1 aromatic carbocycles. The van der Waals surface area contributed by atoms with Crippen molar-refractivity contribution >= 4 is 0 Å². The van der Waals surface area contributed by atoms with Gasteiger partial charge in [-0.2, -0.15) is 0 Å². The highest BCUT2D eigenvalue weighted by atomic mass is 16.5. The van der Waals surface area contributed by atoms with Crippen molar-refractivity contribution in [3.05, 3.63) is 35.4 Å². The number of hydrogen-bond donors (Lipinski definition) is 0. The fourth-order valence-electron chi connectivity index (χ4n) is 2.95. The van der Waals surface area contributed by atoms with Gasteiger partial charge < -0.3 is 18.9 Å². The lowest BCUT2D eigenvalue weighted by Crippen LogP contribution is -2.09. The van der Waals surface area contributed by atoms with Crippen molar-refractivity contribution in [2.75, 3.05) is 52.9 Å². The van der Waals surface area contributed by atoms with E-state index in [1.165, 1.54) is 5.56 Å². The molecule has 31 heavy (non-hydrogen) atoms. The van der Waals surface area contributed by atoms with Crippen LogP contribution in [0, 0.1) is 23.2 Å². The summed E-state index contributed by atoms with van der Waals surface area (Å²) in [6, 6.07) is 8.48. The van der Waals surface area contributed by atoms with Crippen molar-refractivity contribution in [2.24, 2.45) is 11.3 Å². The third-order valence-corrected chi connectivity index (χ3v) is 4.25. The highest BCUT2D eigenvalue weighted by Gasteiger charge is 2.10. The summed E-state index contributed by atoms with van der Waals surface area (Å²) in [5, 5.41) is 0. The third kappa shape index (κ3) is 17.9. The van der Waals surface area contributed by atoms with Gasteiger partial charge in [0.15, 0.2) is 0 Å². The Labute approximate surface area is 191 Å². The van der Waals surface area contributed by atoms with Crippen LogP contribution in [0.4, 0.5) is 0 Å². The molecule has 0 amide bonds. The molecule has 4 heteroatoms. The van der Waals surface area contributed by atoms with Crippen LogP contribution in [0.15, 0.2) is 24.3 Å². The first-order valence-corrected chi connectivity index (χ1v) is 11.8. The Bertz CT molecular complexity index is 622. The van der Waals surface area contributed by atoms with Crippen LogP contribution in [0.25, 0.3) is 0 Å². The molecule has 0 unspecified atom stereocenters. The van der Waals surface area contributed by atoms with E-state index >= 15 is 0 Å². The summed E-state index contributed by atoms with van der Waals surface area (Å²) in [5.74, 6) is 6.89. The zero-order chi connectivity index (χ0) is 22.8. The molecular formula is C27H44O4. The maximum absolute atomic E-state index is 5.61. The Hall–Kier alpha value is -1.38. The lowest BCUT2D eigenvalue weighted by molar-refractivity contribution is 0.0527. The second-order valence-corrected chi connectivity index (χ2v) is 9.55. The smallest absolute Gasteiger partial charge is 0.108 e. The van der Waals surface area contributed by atoms with E-state index in [4.69, 9.17) is 18.9 Å². The minimum atomic E-state index is 0.284. The number of benzene rings is 1. The van der Waals surface area contributed by atoms with Crippen LogP contribution in [-0.2, 0) is 25.4 Å². The zero-order valence-corrected chi connectivity index (χ0v) is 20.5. The van der Waals surface area contributed by atoms with E-state index in [1.54, 1.807) is 0 Å². The van der Waals surface area contributed by atoms with Gasteiger partial charge in [0.1, 0.15) is 6.61 Å². The molecule has 0 saturated carbocycles. The van der Waals surface area contributed by atoms with Gasteiger partial charge in [-0.05, 0) is 54.7 Å². The Morgan fingerprint density at radius 2 is 1.39 bits per heavy atom. The van der Waals surface area contributed by atoms with Crippen LogP contribution in [0.3, 0.4) is 0 Å². The molecule has 0 aliphatic carbocycles. The van der Waals surface area contributed by atoms with E-state index in [2.05, 4.69) is 70.7 Å². The maximum atomic E-state index is 5.61. The van der Waals surface area contributed by atoms with Crippen LogP contribution in [0.1, 0.15) is 65.0 Å². The van der Waals surface area contributed by atoms with Crippen LogP contribution in [0.2, 0.25) is 0 Å². The van der Waals surface area contributed by atoms with Crippen LogP contribution in [0.5, 0.6) is 0 Å². The van der Waals surface area contributed by atoms with Gasteiger partial charge in [0, 0.05) is 45.2 Å². The average molecular weight is 433 g/mol. The summed E-state index contributed by atoms with van der Waals surface area (Å²) < 4.78 is 22.3. The van der Waals surface area contributed by atoms with Gasteiger partial charge >= 0.3 is 0 Å². The van der Waals surface area contributed by atoms with Crippen molar-refractivity contribution in [1.29, 1.82) is 0 Å². The van der Waals surface area contributed by atoms with E-state index in [1.807, 2.05) is 0 Å². The molecule has 0 atom stereocenters. The molecule has 0 aromatic heterocycles. The van der Waals surface area contributed by atoms with Gasteiger partial charge in [0.2, 0.25) is 0 Å². The van der Waals surface area contributed by atoms with Crippen LogP contribution < -0.4 is 0 Å². The molecule has 0 aliphatic rings. The first-order chi connectivity index (χ1) is 14.9. The van der Waals surface area contributed by atoms with E-state index in [-0.39, 0.29) is 5.41 Å². The molecule has 0 N–H and O–H groups in total. The molecule has 0 radical (unpaired) electrons. The second kappa shape index (κ2) is 17.2. The third-order valence-electron chi connectivity index (χ3n) is 4.25. The fraction of sp³-hybridized carbons (Fsp3) is 0.704. The summed E-state index contributed by atoms with van der Waals surface area (Å²) in [5.41, 5.74) is 2.67. The predicted octanol–water partition coefficient (Wildman–Crippen LogP) is 5.52. The first kappa shape index (κ1) is 27.7. The minimum Gasteiger partial charge on any atom is -0.381 e. The molecule has 1 aromatic rings. The molecule has 0 aliphatic heterocycles. The van der Waals surface area contributed by atoms with E-state index < -0.39 is 0 Å². The molecule has 4 nitrogen and oxygen atoms in total. The van der Waals surface area contributed by atoms with Crippen molar-refractivity contribution in [2.45, 2.75) is 60.3 Å². The van der Waals surface area contributed by atoms with E-state index in [0.717, 1.165) is 64.3 Å². The minimum absolute atomic E-state index is 0.284. The number of hydrogen-bond acceptors (Lipinski definition) is 4. The van der Waals surface area contributed by atoms with Crippen molar-refractivity contribution < 1.29 is 18.9 Å². The standard InChI is InChI=1S/C27H44O4/c1-24(2)23-31-20-10-19-30-18-9-17-29-16-8-15-28-14-7-13-25-11-6-12-26(21-25)22-27(3,4)5/h6,11-12,21,24H,8-10,14-20,22-23H2,1-5H3. The second-order valence-electron chi connectivity index (χ2n) is 9.55. The Morgan fingerprint density at radius 1 is 0.806 bits per heavy atom. The Balaban J connectivity index is 1.93. The summed E-state index contributed by atoms with van der Waals surface area (Å²) >= 11 is 0. The summed E-state index contributed by atoms with van der Waals surface area (Å²) in [7, 11) is 0. The summed E-state index contributed by atoms with van der Waals surface area (Å²) in [6.45, 7) is 16.8. The lowest BCUT2D eigenvalue weighted by Gasteiger charge is -2.18. The topological polar surface area (TPSA) is 36.9 Å². The monoisotopic (exact) mass is 432 g/mol. The average Bonchev–Trinajstić information content (AvgIpc) is 2.69. The van der Waals surface area contributed by atoms with Crippen LogP contribution in [-0.4, -0.2) is 52.9 Å². The van der Waals surface area contributed by atoms with Gasteiger partial charge in [-0.3, -0.25) is 0 Å². The maximum Gasteiger partial charge on any atom is 0.108 e. The summed E-state index contributed by atoms with van der Waals surface area (Å²) in [6.07, 6.45) is 3.82. The molecular weight excluding hydrogens is 388 g/mol. The van der Waals surface area contributed by atoms with E-state index in [9.17, 15) is 0 Å². The van der Waals surface area contributed by atoms with Gasteiger partial charge in [-0.25, -0.2) is 0 Å². The number of rotatable bonds is 16. The molecule has 0 saturated heterocycles. The Morgan fingerprint density at radius 3 is 1.97 bits per heavy atom. The highest BCUT2D eigenvalue weighted by molar-refractivity contribution is 5.37. The van der Waals surface area contributed by atoms with Crippen molar-refractivity contribution in [1.82, 2.24) is 0 Å². The number of ether oxygens (including phenoxy) is 4. The molecule has 176 valence electrons. The summed E-state index contributed by atoms with van der Waals surface area (Å²) in [4.78, 5) is 0. The van der Waals surface area contributed by atoms with Gasteiger partial charge in [-0.15, -0.1) is 0 Å². The SMILES string of the molecule is CC(C)COCCCOCCCOCCCOCC#Cc1cccc(CC(C)(C)C)c1. The molecule has 1 rings (SSSR count).